The third kappa shape index (κ3) is 3.86. The van der Waals surface area contributed by atoms with Crippen LogP contribution in [-0.4, -0.2) is 21.0 Å². The molecule has 0 spiro atoms. The maximum Gasteiger partial charge on any atom is 0.170 e. The molecule has 2 fully saturated rings. The van der Waals surface area contributed by atoms with Gasteiger partial charge in [0.15, 0.2) is 10.2 Å². The number of pyridine rings is 1. The highest BCUT2D eigenvalue weighted by atomic mass is 32.2. The Morgan fingerprint density at radius 2 is 1.87 bits per heavy atom. The van der Waals surface area contributed by atoms with Gasteiger partial charge in [0.05, 0.1) is 11.7 Å². The van der Waals surface area contributed by atoms with Crippen LogP contribution in [0.2, 0.25) is 0 Å². The molecular weight excluding hydrogens is 410 g/mol. The van der Waals surface area contributed by atoms with E-state index in [0.29, 0.717) is 6.04 Å². The Kier molecular flexibility index (Phi) is 5.52. The van der Waals surface area contributed by atoms with Crippen molar-refractivity contribution in [1.29, 1.82) is 0 Å². The molecule has 154 valence electrons. The largest absolute Gasteiger partial charge is 0.452 e. The average molecular weight is 436 g/mol. The Bertz CT molecular complexity index is 1010. The molecule has 1 aromatic carbocycles. The van der Waals surface area contributed by atoms with Crippen molar-refractivity contribution in [2.24, 2.45) is 0 Å². The van der Waals surface area contributed by atoms with Crippen LogP contribution in [0.15, 0.2) is 75.2 Å². The van der Waals surface area contributed by atoms with E-state index in [1.807, 2.05) is 18.3 Å². The van der Waals surface area contributed by atoms with Gasteiger partial charge in [-0.05, 0) is 68.4 Å². The minimum absolute atomic E-state index is 0.0114. The van der Waals surface area contributed by atoms with Crippen LogP contribution in [-0.2, 0) is 0 Å². The first-order valence-corrected chi connectivity index (χ1v) is 11.8. The van der Waals surface area contributed by atoms with E-state index >= 15 is 0 Å². The SMILES string of the molecule is Cc1ccc(Sc2ccc([C@H]3[C@@H](c4ccccn4)NC(=S)N3C3CCCC3)o2)cc1. The molecule has 1 aliphatic heterocycles. The second kappa shape index (κ2) is 8.44. The second-order valence-corrected chi connectivity index (χ2v) is 9.51. The molecule has 3 heterocycles. The molecule has 2 atom stereocenters. The van der Waals surface area contributed by atoms with Gasteiger partial charge in [-0.2, -0.15) is 0 Å². The normalized spacial score (nSPS) is 21.9. The maximum absolute atomic E-state index is 6.39. The summed E-state index contributed by atoms with van der Waals surface area (Å²) in [7, 11) is 0. The summed E-state index contributed by atoms with van der Waals surface area (Å²) in [5, 5.41) is 5.25. The third-order valence-electron chi connectivity index (χ3n) is 5.99. The van der Waals surface area contributed by atoms with Crippen LogP contribution < -0.4 is 5.32 Å². The topological polar surface area (TPSA) is 41.3 Å². The Morgan fingerprint density at radius 1 is 1.07 bits per heavy atom. The van der Waals surface area contributed by atoms with E-state index in [1.165, 1.54) is 36.1 Å². The van der Waals surface area contributed by atoms with Gasteiger partial charge in [0.2, 0.25) is 0 Å². The highest BCUT2D eigenvalue weighted by Crippen LogP contribution is 2.44. The molecule has 1 N–H and O–H groups in total. The van der Waals surface area contributed by atoms with Crippen molar-refractivity contribution in [3.63, 3.8) is 0 Å². The predicted octanol–water partition coefficient (Wildman–Crippen LogP) is 6.05. The Hall–Kier alpha value is -2.31. The van der Waals surface area contributed by atoms with Gasteiger partial charge in [0, 0.05) is 17.1 Å². The summed E-state index contributed by atoms with van der Waals surface area (Å²) in [6, 6.07) is 19.2. The molecule has 5 rings (SSSR count). The smallest absolute Gasteiger partial charge is 0.170 e. The number of hydrogen-bond acceptors (Lipinski definition) is 4. The molecule has 0 amide bonds. The summed E-state index contributed by atoms with van der Waals surface area (Å²) in [5.74, 6) is 0.944. The molecule has 1 saturated heterocycles. The van der Waals surface area contributed by atoms with Gasteiger partial charge in [-0.3, -0.25) is 4.98 Å². The van der Waals surface area contributed by atoms with Crippen molar-refractivity contribution in [2.45, 2.75) is 60.7 Å². The van der Waals surface area contributed by atoms with Crippen molar-refractivity contribution in [2.75, 3.05) is 0 Å². The van der Waals surface area contributed by atoms with Crippen molar-refractivity contribution >= 4 is 29.1 Å². The van der Waals surface area contributed by atoms with Gasteiger partial charge >= 0.3 is 0 Å². The van der Waals surface area contributed by atoms with Gasteiger partial charge in [0.25, 0.3) is 0 Å². The van der Waals surface area contributed by atoms with Crippen molar-refractivity contribution in [1.82, 2.24) is 15.2 Å². The van der Waals surface area contributed by atoms with Crippen LogP contribution in [0.3, 0.4) is 0 Å². The highest BCUT2D eigenvalue weighted by Gasteiger charge is 2.45. The minimum atomic E-state index is -0.0114. The van der Waals surface area contributed by atoms with Crippen molar-refractivity contribution in [3.8, 4) is 0 Å². The molecule has 2 aliphatic rings. The van der Waals surface area contributed by atoms with Gasteiger partial charge < -0.3 is 14.6 Å². The Balaban J connectivity index is 1.47. The van der Waals surface area contributed by atoms with Crippen molar-refractivity contribution < 1.29 is 4.42 Å². The average Bonchev–Trinajstić information content (AvgIpc) is 3.50. The van der Waals surface area contributed by atoms with Crippen LogP contribution in [0.5, 0.6) is 0 Å². The van der Waals surface area contributed by atoms with Crippen LogP contribution in [0.1, 0.15) is 54.8 Å². The van der Waals surface area contributed by atoms with E-state index in [-0.39, 0.29) is 12.1 Å². The third-order valence-corrected chi connectivity index (χ3v) is 7.24. The molecule has 6 heteroatoms. The summed E-state index contributed by atoms with van der Waals surface area (Å²) >= 11 is 7.45. The molecule has 2 aromatic heterocycles. The number of rotatable bonds is 5. The van der Waals surface area contributed by atoms with Crippen LogP contribution in [0.25, 0.3) is 0 Å². The second-order valence-electron chi connectivity index (χ2n) is 8.04. The minimum Gasteiger partial charge on any atom is -0.452 e. The molecule has 1 aliphatic carbocycles. The zero-order valence-corrected chi connectivity index (χ0v) is 18.6. The predicted molar refractivity (Wildman–Crippen MR) is 124 cm³/mol. The maximum atomic E-state index is 6.39. The fourth-order valence-corrected chi connectivity index (χ4v) is 5.68. The molecule has 30 heavy (non-hydrogen) atoms. The zero-order valence-electron chi connectivity index (χ0n) is 17.0. The first-order valence-electron chi connectivity index (χ1n) is 10.5. The summed E-state index contributed by atoms with van der Waals surface area (Å²) < 4.78 is 6.39. The Labute approximate surface area is 187 Å². The lowest BCUT2D eigenvalue weighted by molar-refractivity contribution is 0.210. The number of aryl methyl sites for hydroxylation is 1. The lowest BCUT2D eigenvalue weighted by Crippen LogP contribution is -2.37. The number of furan rings is 1. The first kappa shape index (κ1) is 19.6. The summed E-state index contributed by atoms with van der Waals surface area (Å²) in [4.78, 5) is 8.17. The fourth-order valence-electron chi connectivity index (χ4n) is 4.52. The number of nitrogens with one attached hydrogen (secondary N) is 1. The summed E-state index contributed by atoms with van der Waals surface area (Å²) in [5.41, 5.74) is 2.25. The highest BCUT2D eigenvalue weighted by molar-refractivity contribution is 7.99. The van der Waals surface area contributed by atoms with Gasteiger partial charge in [0.1, 0.15) is 11.8 Å². The number of benzene rings is 1. The Morgan fingerprint density at radius 3 is 2.60 bits per heavy atom. The van der Waals surface area contributed by atoms with E-state index < -0.39 is 0 Å². The fraction of sp³-hybridized carbons (Fsp3) is 0.333. The quantitative estimate of drug-likeness (QED) is 0.492. The summed E-state index contributed by atoms with van der Waals surface area (Å²) in [6.45, 7) is 2.10. The van der Waals surface area contributed by atoms with Crippen molar-refractivity contribution in [3.05, 3.63) is 77.8 Å². The number of nitrogens with zero attached hydrogens (tertiary/aromatic N) is 2. The molecule has 1 saturated carbocycles. The lowest BCUT2D eigenvalue weighted by atomic mass is 10.0. The first-order chi connectivity index (χ1) is 14.7. The number of hydrogen-bond donors (Lipinski definition) is 1. The van der Waals surface area contributed by atoms with Gasteiger partial charge in [-0.15, -0.1) is 0 Å². The van der Waals surface area contributed by atoms with E-state index in [1.54, 1.807) is 11.8 Å². The zero-order chi connectivity index (χ0) is 20.5. The van der Waals surface area contributed by atoms with E-state index in [0.717, 1.165) is 21.7 Å². The molecular formula is C24H25N3OS2. The molecule has 4 nitrogen and oxygen atoms in total. The van der Waals surface area contributed by atoms with E-state index in [9.17, 15) is 0 Å². The number of thiocarbonyl (C=S) groups is 1. The molecule has 0 bridgehead atoms. The van der Waals surface area contributed by atoms with E-state index in [4.69, 9.17) is 16.6 Å². The standard InChI is InChI=1S/C24H25N3OS2/c1-16-9-11-18(12-10-16)30-21-14-13-20(28-21)23-22(19-8-4-5-15-25-19)26-24(29)27(23)17-6-2-3-7-17/h4-5,8-15,17,22-23H,2-3,6-7H2,1H3,(H,26,29)/t22-,23+/m1/s1. The van der Waals surface area contributed by atoms with Crippen LogP contribution >= 0.6 is 24.0 Å². The molecule has 0 radical (unpaired) electrons. The van der Waals surface area contributed by atoms with Crippen LogP contribution in [0.4, 0.5) is 0 Å². The number of aromatic nitrogens is 1. The lowest BCUT2D eigenvalue weighted by Gasteiger charge is -2.31. The van der Waals surface area contributed by atoms with E-state index in [2.05, 4.69) is 64.6 Å². The van der Waals surface area contributed by atoms with Gasteiger partial charge in [-0.25, -0.2) is 0 Å². The summed E-state index contributed by atoms with van der Waals surface area (Å²) in [6.07, 6.45) is 6.73. The van der Waals surface area contributed by atoms with Crippen LogP contribution in [0, 0.1) is 6.92 Å². The monoisotopic (exact) mass is 435 g/mol. The molecule has 3 aromatic rings. The molecule has 0 unspecified atom stereocenters. The van der Waals surface area contributed by atoms with Gasteiger partial charge in [-0.1, -0.05) is 48.4 Å².